The van der Waals surface area contributed by atoms with Crippen molar-refractivity contribution in [3.8, 4) is 11.8 Å². The number of aromatic nitrogens is 2. The van der Waals surface area contributed by atoms with Gasteiger partial charge in [-0.25, -0.2) is 0 Å². The van der Waals surface area contributed by atoms with E-state index in [1.54, 1.807) is 0 Å². The number of halogens is 3. The zero-order valence-electron chi connectivity index (χ0n) is 7.00. The number of nitrogens with two attached hydrogens (primary N) is 1. The Hall–Kier alpha value is -1.18. The summed E-state index contributed by atoms with van der Waals surface area (Å²) in [7, 11) is 1.32. The summed E-state index contributed by atoms with van der Waals surface area (Å²) >= 11 is 2.94. The highest BCUT2D eigenvalue weighted by Gasteiger charge is 2.16. The zero-order chi connectivity index (χ0) is 10.7. The monoisotopic (exact) mass is 269 g/mol. The van der Waals surface area contributed by atoms with Gasteiger partial charge in [-0.15, -0.1) is 0 Å². The van der Waals surface area contributed by atoms with Gasteiger partial charge in [0.05, 0.1) is 7.11 Å². The molecule has 0 saturated heterocycles. The third kappa shape index (κ3) is 2.41. The summed E-state index contributed by atoms with van der Waals surface area (Å²) in [5, 5.41) is 0. The Balaban J connectivity index is 3.08. The topological polar surface area (TPSA) is 70.3 Å². The lowest BCUT2D eigenvalue weighted by Gasteiger charge is -2.08. The van der Waals surface area contributed by atoms with E-state index in [0.717, 1.165) is 0 Å². The van der Waals surface area contributed by atoms with Gasteiger partial charge in [-0.1, -0.05) is 0 Å². The van der Waals surface area contributed by atoms with Gasteiger partial charge in [0.1, 0.15) is 4.47 Å². The maximum atomic E-state index is 11.9. The molecule has 0 bridgehead atoms. The second-order valence-electron chi connectivity index (χ2n) is 2.09. The van der Waals surface area contributed by atoms with Gasteiger partial charge in [0.25, 0.3) is 0 Å². The van der Waals surface area contributed by atoms with Crippen molar-refractivity contribution in [2.75, 3.05) is 12.8 Å². The molecule has 1 rings (SSSR count). The van der Waals surface area contributed by atoms with E-state index in [9.17, 15) is 8.78 Å². The molecule has 2 N–H and O–H groups in total. The standard InChI is InChI=1S/C6H6BrF2N3O2/c1-13-3-2(7)4(14-5(8)9)12-6(10)11-3/h5H,1H3,(H2,10,11,12). The van der Waals surface area contributed by atoms with Crippen LogP contribution in [0.3, 0.4) is 0 Å². The van der Waals surface area contributed by atoms with E-state index in [0.29, 0.717) is 0 Å². The first kappa shape index (κ1) is 10.9. The van der Waals surface area contributed by atoms with Crippen molar-refractivity contribution in [1.29, 1.82) is 0 Å². The van der Waals surface area contributed by atoms with Gasteiger partial charge in [0.15, 0.2) is 0 Å². The predicted octanol–water partition coefficient (Wildman–Crippen LogP) is 1.43. The molecule has 1 aromatic heterocycles. The number of rotatable bonds is 3. The fourth-order valence-corrected chi connectivity index (χ4v) is 1.15. The lowest BCUT2D eigenvalue weighted by molar-refractivity contribution is -0.0535. The highest BCUT2D eigenvalue weighted by atomic mass is 79.9. The summed E-state index contributed by atoms with van der Waals surface area (Å²) in [6, 6.07) is 0. The highest BCUT2D eigenvalue weighted by Crippen LogP contribution is 2.32. The first-order chi connectivity index (χ1) is 6.54. The van der Waals surface area contributed by atoms with Crippen molar-refractivity contribution in [2.45, 2.75) is 6.61 Å². The summed E-state index contributed by atoms with van der Waals surface area (Å²) in [4.78, 5) is 7.09. The summed E-state index contributed by atoms with van der Waals surface area (Å²) in [6.07, 6.45) is 0. The molecular formula is C6H6BrF2N3O2. The van der Waals surface area contributed by atoms with Crippen molar-refractivity contribution in [2.24, 2.45) is 0 Å². The lowest BCUT2D eigenvalue weighted by Crippen LogP contribution is -2.07. The van der Waals surface area contributed by atoms with E-state index in [2.05, 4.69) is 30.6 Å². The zero-order valence-corrected chi connectivity index (χ0v) is 8.59. The summed E-state index contributed by atoms with van der Waals surface area (Å²) in [6.45, 7) is -2.98. The van der Waals surface area contributed by atoms with Crippen LogP contribution in [0.25, 0.3) is 0 Å². The summed E-state index contributed by atoms with van der Waals surface area (Å²) in [5.74, 6) is -0.529. The van der Waals surface area contributed by atoms with Gasteiger partial charge in [0.2, 0.25) is 17.7 Å². The van der Waals surface area contributed by atoms with Crippen LogP contribution in [-0.4, -0.2) is 23.7 Å². The predicted molar refractivity (Wildman–Crippen MR) is 47.3 cm³/mol. The Morgan fingerprint density at radius 2 is 1.93 bits per heavy atom. The summed E-state index contributed by atoms with van der Waals surface area (Å²) < 4.78 is 32.7. The minimum atomic E-state index is -2.98. The third-order valence-electron chi connectivity index (χ3n) is 1.20. The van der Waals surface area contributed by atoms with Crippen LogP contribution in [0.2, 0.25) is 0 Å². The molecule has 5 nitrogen and oxygen atoms in total. The number of alkyl halides is 2. The number of hydrogen-bond acceptors (Lipinski definition) is 5. The summed E-state index contributed by atoms with van der Waals surface area (Å²) in [5.41, 5.74) is 5.23. The van der Waals surface area contributed by atoms with Gasteiger partial charge >= 0.3 is 6.61 Å². The smallest absolute Gasteiger partial charge is 0.388 e. The van der Waals surface area contributed by atoms with Crippen molar-refractivity contribution < 1.29 is 18.3 Å². The normalized spacial score (nSPS) is 10.4. The van der Waals surface area contributed by atoms with E-state index in [-0.39, 0.29) is 22.2 Å². The Morgan fingerprint density at radius 3 is 2.43 bits per heavy atom. The van der Waals surface area contributed by atoms with Crippen LogP contribution in [0.15, 0.2) is 4.47 Å². The number of hydrogen-bond donors (Lipinski definition) is 1. The number of ether oxygens (including phenoxy) is 2. The number of nitrogen functional groups attached to an aromatic ring is 1. The molecule has 14 heavy (non-hydrogen) atoms. The molecule has 0 aliphatic heterocycles. The van der Waals surface area contributed by atoms with Crippen LogP contribution in [0.5, 0.6) is 11.8 Å². The van der Waals surface area contributed by atoms with Crippen LogP contribution in [0.4, 0.5) is 14.7 Å². The molecule has 0 amide bonds. The molecule has 0 fully saturated rings. The fourth-order valence-electron chi connectivity index (χ4n) is 0.720. The van der Waals surface area contributed by atoms with Crippen molar-refractivity contribution in [1.82, 2.24) is 9.97 Å². The number of methoxy groups -OCH3 is 1. The van der Waals surface area contributed by atoms with Crippen molar-refractivity contribution in [3.05, 3.63) is 4.47 Å². The average molecular weight is 270 g/mol. The van der Waals surface area contributed by atoms with E-state index in [4.69, 9.17) is 10.5 Å². The first-order valence-corrected chi connectivity index (χ1v) is 4.15. The SMILES string of the molecule is COc1nc(N)nc(OC(F)F)c1Br. The molecule has 0 radical (unpaired) electrons. The maximum absolute atomic E-state index is 11.9. The van der Waals surface area contributed by atoms with Crippen LogP contribution >= 0.6 is 15.9 Å². The molecule has 8 heteroatoms. The number of nitrogens with zero attached hydrogens (tertiary/aromatic N) is 2. The lowest BCUT2D eigenvalue weighted by atomic mass is 10.6. The molecule has 0 aliphatic carbocycles. The molecular weight excluding hydrogens is 264 g/mol. The number of anilines is 1. The van der Waals surface area contributed by atoms with E-state index < -0.39 is 6.61 Å². The largest absolute Gasteiger partial charge is 0.480 e. The fraction of sp³-hybridized carbons (Fsp3) is 0.333. The Morgan fingerprint density at radius 1 is 1.36 bits per heavy atom. The minimum Gasteiger partial charge on any atom is -0.480 e. The van der Waals surface area contributed by atoms with E-state index in [1.807, 2.05) is 0 Å². The molecule has 78 valence electrons. The molecule has 1 aromatic rings. The first-order valence-electron chi connectivity index (χ1n) is 3.36. The van der Waals surface area contributed by atoms with Crippen molar-refractivity contribution in [3.63, 3.8) is 0 Å². The van der Waals surface area contributed by atoms with E-state index in [1.165, 1.54) is 7.11 Å². The van der Waals surface area contributed by atoms with Gasteiger partial charge in [-0.3, -0.25) is 0 Å². The Labute approximate surface area is 86.4 Å². The van der Waals surface area contributed by atoms with Gasteiger partial charge in [-0.05, 0) is 15.9 Å². The second kappa shape index (κ2) is 4.36. The molecule has 0 unspecified atom stereocenters. The van der Waals surface area contributed by atoms with Crippen LogP contribution in [-0.2, 0) is 0 Å². The van der Waals surface area contributed by atoms with Gasteiger partial charge < -0.3 is 15.2 Å². The molecule has 0 aromatic carbocycles. The Bertz CT molecular complexity index is 337. The molecule has 1 heterocycles. The highest BCUT2D eigenvalue weighted by molar-refractivity contribution is 9.10. The quantitative estimate of drug-likeness (QED) is 0.899. The second-order valence-corrected chi connectivity index (χ2v) is 2.88. The van der Waals surface area contributed by atoms with Crippen molar-refractivity contribution >= 4 is 21.9 Å². The van der Waals surface area contributed by atoms with E-state index >= 15 is 0 Å². The van der Waals surface area contributed by atoms with Gasteiger partial charge in [-0.2, -0.15) is 18.7 Å². The minimum absolute atomic E-state index is 0.0353. The molecule has 0 aliphatic rings. The molecule has 0 spiro atoms. The molecule has 0 atom stereocenters. The molecule has 0 saturated carbocycles. The average Bonchev–Trinajstić information content (AvgIpc) is 2.09. The van der Waals surface area contributed by atoms with Gasteiger partial charge in [0, 0.05) is 0 Å². The van der Waals surface area contributed by atoms with Crippen LogP contribution in [0, 0.1) is 0 Å². The maximum Gasteiger partial charge on any atom is 0.388 e. The van der Waals surface area contributed by atoms with Crippen LogP contribution < -0.4 is 15.2 Å². The Kier molecular flexibility index (Phi) is 3.39. The van der Waals surface area contributed by atoms with Crippen LogP contribution in [0.1, 0.15) is 0 Å². The third-order valence-corrected chi connectivity index (χ3v) is 1.88.